The lowest BCUT2D eigenvalue weighted by Gasteiger charge is -2.34. The van der Waals surface area contributed by atoms with Gasteiger partial charge < -0.3 is 24.6 Å². The molecule has 2 N–H and O–H groups in total. The fourth-order valence-electron chi connectivity index (χ4n) is 3.88. The van der Waals surface area contributed by atoms with Gasteiger partial charge in [0.05, 0.1) is 17.0 Å². The molecule has 0 unspecified atom stereocenters. The van der Waals surface area contributed by atoms with Crippen LogP contribution in [0.4, 0.5) is 9.59 Å². The molecule has 2 aromatic rings. The van der Waals surface area contributed by atoms with Crippen LogP contribution in [-0.4, -0.2) is 40.7 Å². The number of carbonyl (C=O) groups is 2. The zero-order chi connectivity index (χ0) is 29.4. The Morgan fingerprint density at radius 2 is 1.64 bits per heavy atom. The first-order valence-corrected chi connectivity index (χ1v) is 14.3. The number of carbonyl (C=O) groups excluding carboxylic acids is 2. The molecule has 0 aliphatic heterocycles. The van der Waals surface area contributed by atoms with Crippen LogP contribution < -0.4 is 10.1 Å². The van der Waals surface area contributed by atoms with Crippen LogP contribution in [0.3, 0.4) is 0 Å². The Bertz CT molecular complexity index is 1140. The molecular weight excluding hydrogens is 538 g/mol. The molecule has 7 nitrogen and oxygen atoms in total. The lowest BCUT2D eigenvalue weighted by atomic mass is 9.87. The minimum absolute atomic E-state index is 0.209. The maximum absolute atomic E-state index is 12.5. The first-order valence-electron chi connectivity index (χ1n) is 13.1. The Morgan fingerprint density at radius 1 is 0.974 bits per heavy atom. The second-order valence-electron chi connectivity index (χ2n) is 11.7. The number of aliphatic hydroxyl groups is 1. The van der Waals surface area contributed by atoms with Gasteiger partial charge in [0.1, 0.15) is 17.0 Å². The molecule has 0 saturated heterocycles. The van der Waals surface area contributed by atoms with Crippen molar-refractivity contribution in [2.24, 2.45) is 0 Å². The van der Waals surface area contributed by atoms with Crippen LogP contribution in [0.1, 0.15) is 78.9 Å². The van der Waals surface area contributed by atoms with Crippen molar-refractivity contribution in [3.63, 3.8) is 0 Å². The van der Waals surface area contributed by atoms with Crippen molar-refractivity contribution in [3.8, 4) is 5.75 Å². The fraction of sp³-hybridized carbons (Fsp3) is 0.533. The molecule has 0 aliphatic rings. The van der Waals surface area contributed by atoms with Crippen molar-refractivity contribution in [1.29, 1.82) is 0 Å². The van der Waals surface area contributed by atoms with Crippen molar-refractivity contribution < 1.29 is 28.9 Å². The van der Waals surface area contributed by atoms with Gasteiger partial charge in [0.2, 0.25) is 0 Å². The van der Waals surface area contributed by atoms with Gasteiger partial charge in [-0.15, -0.1) is 0 Å². The number of hydrogen-bond donors (Lipinski definition) is 2. The third-order valence-electron chi connectivity index (χ3n) is 5.60. The molecule has 0 fully saturated rings. The van der Waals surface area contributed by atoms with Crippen LogP contribution in [0.15, 0.2) is 46.2 Å². The van der Waals surface area contributed by atoms with Crippen LogP contribution in [-0.2, 0) is 15.9 Å². The Morgan fingerprint density at radius 3 is 2.21 bits per heavy atom. The van der Waals surface area contributed by atoms with E-state index in [-0.39, 0.29) is 6.61 Å². The van der Waals surface area contributed by atoms with E-state index < -0.39 is 29.0 Å². The van der Waals surface area contributed by atoms with Gasteiger partial charge in [-0.05, 0) is 103 Å². The summed E-state index contributed by atoms with van der Waals surface area (Å²) < 4.78 is 16.2. The Balaban J connectivity index is 2.17. The van der Waals surface area contributed by atoms with Gasteiger partial charge in [0.25, 0.3) is 0 Å². The van der Waals surface area contributed by atoms with Crippen LogP contribution >= 0.6 is 23.4 Å². The number of aliphatic hydroxyl groups excluding tert-OH is 1. The van der Waals surface area contributed by atoms with E-state index in [1.165, 1.54) is 11.8 Å². The van der Waals surface area contributed by atoms with Gasteiger partial charge in [-0.2, -0.15) is 0 Å². The number of amides is 1. The second kappa shape index (κ2) is 13.8. The summed E-state index contributed by atoms with van der Waals surface area (Å²) in [5.74, 6) is 0.403. The van der Waals surface area contributed by atoms with Gasteiger partial charge in [-0.1, -0.05) is 48.8 Å². The van der Waals surface area contributed by atoms with E-state index in [1.54, 1.807) is 47.6 Å². The summed E-state index contributed by atoms with van der Waals surface area (Å²) in [4.78, 5) is 26.4. The molecule has 0 aliphatic carbocycles. The SMILES string of the molecule is CCC[C@@](CO)(CCc1ccc(Sc2cc(C)ccc2OC(=O)OC(C)(C)C)cc1Cl)NC(=O)OC(C)(C)C. The van der Waals surface area contributed by atoms with E-state index in [1.807, 2.05) is 44.2 Å². The summed E-state index contributed by atoms with van der Waals surface area (Å²) in [6.07, 6.45) is 1.12. The molecule has 216 valence electrons. The second-order valence-corrected chi connectivity index (χ2v) is 13.2. The summed E-state index contributed by atoms with van der Waals surface area (Å²) in [6.45, 7) is 14.5. The zero-order valence-electron chi connectivity index (χ0n) is 24.3. The smallest absolute Gasteiger partial charge is 0.444 e. The molecule has 1 amide bonds. The van der Waals surface area contributed by atoms with Crippen molar-refractivity contribution in [2.75, 3.05) is 6.61 Å². The number of rotatable bonds is 10. The third kappa shape index (κ3) is 11.3. The van der Waals surface area contributed by atoms with E-state index >= 15 is 0 Å². The molecule has 0 bridgehead atoms. The number of ether oxygens (including phenoxy) is 3. The molecule has 0 heterocycles. The topological polar surface area (TPSA) is 94.1 Å². The summed E-state index contributed by atoms with van der Waals surface area (Å²) >= 11 is 8.10. The van der Waals surface area contributed by atoms with E-state index in [0.717, 1.165) is 27.3 Å². The van der Waals surface area contributed by atoms with E-state index in [0.29, 0.717) is 30.0 Å². The largest absolute Gasteiger partial charge is 0.514 e. The minimum Gasteiger partial charge on any atom is -0.444 e. The molecule has 0 radical (unpaired) electrons. The number of aryl methyl sites for hydroxylation is 2. The number of hydrogen-bond acceptors (Lipinski definition) is 7. The van der Waals surface area contributed by atoms with Crippen LogP contribution in [0.25, 0.3) is 0 Å². The molecule has 1 atom stereocenters. The standard InChI is InChI=1S/C30H42ClNO6S/c1-9-15-30(19-33,32-26(34)37-28(3,4)5)16-14-21-11-12-22(18-23(21)31)39-25-17-20(2)10-13-24(25)36-27(35)38-29(6,7)8/h10-13,17-18,33H,9,14-16,19H2,1-8H3,(H,32,34)/t30-/m0/s1. The van der Waals surface area contributed by atoms with Gasteiger partial charge >= 0.3 is 12.2 Å². The highest BCUT2D eigenvalue weighted by atomic mass is 35.5. The van der Waals surface area contributed by atoms with Gasteiger partial charge in [0, 0.05) is 9.92 Å². The minimum atomic E-state index is -0.816. The average Bonchev–Trinajstić information content (AvgIpc) is 2.78. The Labute approximate surface area is 241 Å². The molecule has 0 spiro atoms. The lowest BCUT2D eigenvalue weighted by Crippen LogP contribution is -2.53. The molecule has 0 saturated carbocycles. The quantitative estimate of drug-likeness (QED) is 0.217. The zero-order valence-corrected chi connectivity index (χ0v) is 25.8. The first-order chi connectivity index (χ1) is 18.0. The van der Waals surface area contributed by atoms with E-state index in [4.69, 9.17) is 25.8 Å². The number of nitrogens with one attached hydrogen (secondary N) is 1. The van der Waals surface area contributed by atoms with Gasteiger partial charge in [-0.3, -0.25) is 0 Å². The molecule has 39 heavy (non-hydrogen) atoms. The monoisotopic (exact) mass is 579 g/mol. The lowest BCUT2D eigenvalue weighted by molar-refractivity contribution is 0.0200. The van der Waals surface area contributed by atoms with Crippen LogP contribution in [0, 0.1) is 6.92 Å². The van der Waals surface area contributed by atoms with E-state index in [2.05, 4.69) is 5.32 Å². The fourth-order valence-corrected chi connectivity index (χ4v) is 5.24. The maximum Gasteiger partial charge on any atom is 0.514 e. The first kappa shape index (κ1) is 32.8. The number of alkyl carbamates (subject to hydrolysis) is 1. The molecule has 2 aromatic carbocycles. The average molecular weight is 580 g/mol. The highest BCUT2D eigenvalue weighted by Crippen LogP contribution is 2.38. The number of benzene rings is 2. The Hall–Kier alpha value is -2.42. The molecular formula is C30H42ClNO6S. The van der Waals surface area contributed by atoms with Gasteiger partial charge in [-0.25, -0.2) is 9.59 Å². The van der Waals surface area contributed by atoms with Crippen LogP contribution in [0.5, 0.6) is 5.75 Å². The molecule has 0 aromatic heterocycles. The normalized spacial score (nSPS) is 13.4. The Kier molecular flexibility index (Phi) is 11.6. The predicted octanol–water partition coefficient (Wildman–Crippen LogP) is 8.10. The maximum atomic E-state index is 12.5. The summed E-state index contributed by atoms with van der Waals surface area (Å²) in [5.41, 5.74) is -0.195. The molecule has 9 heteroatoms. The highest BCUT2D eigenvalue weighted by Gasteiger charge is 2.32. The predicted molar refractivity (Wildman–Crippen MR) is 156 cm³/mol. The van der Waals surface area contributed by atoms with Crippen molar-refractivity contribution in [2.45, 2.75) is 108 Å². The summed E-state index contributed by atoms with van der Waals surface area (Å²) in [7, 11) is 0. The van der Waals surface area contributed by atoms with Crippen molar-refractivity contribution in [3.05, 3.63) is 52.5 Å². The van der Waals surface area contributed by atoms with Crippen LogP contribution in [0.2, 0.25) is 5.02 Å². The van der Waals surface area contributed by atoms with Crippen molar-refractivity contribution >= 4 is 35.6 Å². The van der Waals surface area contributed by atoms with Gasteiger partial charge in [0.15, 0.2) is 0 Å². The summed E-state index contributed by atoms with van der Waals surface area (Å²) in [6, 6.07) is 11.3. The number of halogens is 1. The summed E-state index contributed by atoms with van der Waals surface area (Å²) in [5, 5.41) is 13.7. The highest BCUT2D eigenvalue weighted by molar-refractivity contribution is 7.99. The van der Waals surface area contributed by atoms with E-state index in [9.17, 15) is 14.7 Å². The molecule has 2 rings (SSSR count). The van der Waals surface area contributed by atoms with Crippen molar-refractivity contribution in [1.82, 2.24) is 5.32 Å². The third-order valence-corrected chi connectivity index (χ3v) is 6.99.